The molecule has 0 bridgehead atoms. The van der Waals surface area contributed by atoms with Crippen molar-refractivity contribution in [3.05, 3.63) is 88.8 Å². The molecular weight excluding hydrogens is 422 g/mol. The maximum atomic E-state index is 12.6. The largest absolute Gasteiger partial charge is 0.325 e. The number of hydrogen-bond donors (Lipinski definition) is 3. The molecule has 0 radical (unpaired) electrons. The molecule has 0 unspecified atom stereocenters. The molecule has 0 atom stereocenters. The Kier molecular flexibility index (Phi) is 5.51. The molecule has 2 aromatic heterocycles. The average Bonchev–Trinajstić information content (AvgIpc) is 3.35. The Morgan fingerprint density at radius 1 is 0.969 bits per heavy atom. The van der Waals surface area contributed by atoms with E-state index < -0.39 is 0 Å². The lowest BCUT2D eigenvalue weighted by Crippen LogP contribution is -2.14. The summed E-state index contributed by atoms with van der Waals surface area (Å²) in [7, 11) is 0. The molecule has 1 amide bonds. The fraction of sp³-hybridized carbons (Fsp3) is 0.125. The number of H-pyrrole nitrogens is 2. The van der Waals surface area contributed by atoms with E-state index in [2.05, 4.69) is 38.1 Å². The smallest absolute Gasteiger partial charge is 0.323 e. The summed E-state index contributed by atoms with van der Waals surface area (Å²) in [5.41, 5.74) is 4.97. The third-order valence-electron chi connectivity index (χ3n) is 5.22. The molecule has 0 aliphatic carbocycles. The predicted octanol–water partition coefficient (Wildman–Crippen LogP) is 4.18. The lowest BCUT2D eigenvalue weighted by molar-refractivity contribution is -0.113. The van der Waals surface area contributed by atoms with Crippen LogP contribution in [0.1, 0.15) is 5.56 Å². The topological polar surface area (TPSA) is 95.6 Å². The van der Waals surface area contributed by atoms with Crippen LogP contribution >= 0.6 is 11.8 Å². The van der Waals surface area contributed by atoms with Gasteiger partial charge in [0.2, 0.25) is 5.91 Å². The second-order valence-corrected chi connectivity index (χ2v) is 8.39. The van der Waals surface area contributed by atoms with E-state index in [0.29, 0.717) is 16.7 Å². The van der Waals surface area contributed by atoms with Crippen molar-refractivity contribution in [2.75, 3.05) is 11.1 Å². The maximum absolute atomic E-state index is 12.6. The predicted molar refractivity (Wildman–Crippen MR) is 128 cm³/mol. The number of carbonyl (C=O) groups excluding carboxylic acids is 1. The van der Waals surface area contributed by atoms with E-state index in [1.165, 1.54) is 17.3 Å². The van der Waals surface area contributed by atoms with E-state index in [1.54, 1.807) is 18.2 Å². The molecule has 0 saturated carbocycles. The Morgan fingerprint density at radius 3 is 2.62 bits per heavy atom. The number of imidazole rings is 2. The summed E-state index contributed by atoms with van der Waals surface area (Å²) in [6, 6.07) is 23.6. The summed E-state index contributed by atoms with van der Waals surface area (Å²) in [5, 5.41) is 3.71. The number of aromatic nitrogens is 4. The summed E-state index contributed by atoms with van der Waals surface area (Å²) in [4.78, 5) is 34.1. The summed E-state index contributed by atoms with van der Waals surface area (Å²) in [5.74, 6) is 0.102. The number of amides is 1. The van der Waals surface area contributed by atoms with Gasteiger partial charge in [-0.05, 0) is 42.3 Å². The number of anilines is 1. The van der Waals surface area contributed by atoms with Gasteiger partial charge < -0.3 is 19.9 Å². The van der Waals surface area contributed by atoms with Gasteiger partial charge in [0.05, 0.1) is 27.8 Å². The van der Waals surface area contributed by atoms with Crippen LogP contribution < -0.4 is 11.0 Å². The Labute approximate surface area is 187 Å². The fourth-order valence-corrected chi connectivity index (χ4v) is 4.54. The van der Waals surface area contributed by atoms with Crippen LogP contribution in [0.5, 0.6) is 0 Å². The molecule has 7 nitrogen and oxygen atoms in total. The van der Waals surface area contributed by atoms with E-state index in [1.807, 2.05) is 36.4 Å². The number of aryl methyl sites for hydroxylation is 2. The van der Waals surface area contributed by atoms with Crippen molar-refractivity contribution in [3.8, 4) is 0 Å². The Balaban J connectivity index is 1.30. The average molecular weight is 444 g/mol. The van der Waals surface area contributed by atoms with Crippen LogP contribution in [0.3, 0.4) is 0 Å². The molecule has 0 saturated heterocycles. The number of carbonyl (C=O) groups is 1. The van der Waals surface area contributed by atoms with Crippen LogP contribution in [0.15, 0.2) is 82.7 Å². The highest BCUT2D eigenvalue weighted by molar-refractivity contribution is 7.99. The number of rotatable bonds is 7. The molecule has 3 aromatic carbocycles. The normalized spacial score (nSPS) is 11.2. The molecule has 2 heterocycles. The SMILES string of the molecule is O=C(CSc1nc2ccccc2n1CCc1ccccc1)Nc1ccc2[nH]c(=O)[nH]c2c1. The monoisotopic (exact) mass is 443 g/mol. The first-order chi connectivity index (χ1) is 15.7. The standard InChI is InChI=1S/C24H21N5O2S/c30-22(25-17-10-11-18-20(14-17)27-23(31)26-18)15-32-24-28-19-8-4-5-9-21(19)29(24)13-12-16-6-2-1-3-7-16/h1-11,14H,12-13,15H2,(H,25,30)(H2,26,27,31). The number of aromatic amines is 2. The summed E-state index contributed by atoms with van der Waals surface area (Å²) in [6.45, 7) is 0.784. The first-order valence-corrected chi connectivity index (χ1v) is 11.3. The second-order valence-electron chi connectivity index (χ2n) is 7.45. The highest BCUT2D eigenvalue weighted by Gasteiger charge is 2.13. The molecule has 0 spiro atoms. The zero-order chi connectivity index (χ0) is 21.9. The Morgan fingerprint density at radius 2 is 1.75 bits per heavy atom. The van der Waals surface area contributed by atoms with Gasteiger partial charge in [-0.2, -0.15) is 0 Å². The highest BCUT2D eigenvalue weighted by Crippen LogP contribution is 2.25. The number of benzene rings is 3. The molecule has 5 aromatic rings. The molecular formula is C24H21N5O2S. The van der Waals surface area contributed by atoms with Crippen molar-refractivity contribution < 1.29 is 4.79 Å². The zero-order valence-corrected chi connectivity index (χ0v) is 18.0. The molecule has 160 valence electrons. The van der Waals surface area contributed by atoms with Crippen molar-refractivity contribution >= 4 is 45.4 Å². The van der Waals surface area contributed by atoms with Crippen LogP contribution in [-0.2, 0) is 17.8 Å². The molecule has 5 rings (SSSR count). The highest BCUT2D eigenvalue weighted by atomic mass is 32.2. The molecule has 0 fully saturated rings. The van der Waals surface area contributed by atoms with Crippen molar-refractivity contribution in [2.24, 2.45) is 0 Å². The van der Waals surface area contributed by atoms with Crippen molar-refractivity contribution in [3.63, 3.8) is 0 Å². The molecule has 0 aliphatic rings. The quantitative estimate of drug-likeness (QED) is 0.329. The van der Waals surface area contributed by atoms with Gasteiger partial charge in [0, 0.05) is 12.2 Å². The van der Waals surface area contributed by atoms with Crippen LogP contribution in [0.2, 0.25) is 0 Å². The minimum atomic E-state index is -0.270. The van der Waals surface area contributed by atoms with Crippen LogP contribution in [-0.4, -0.2) is 31.2 Å². The van der Waals surface area contributed by atoms with E-state index >= 15 is 0 Å². The van der Waals surface area contributed by atoms with Crippen LogP contribution in [0.4, 0.5) is 5.69 Å². The van der Waals surface area contributed by atoms with Crippen LogP contribution in [0.25, 0.3) is 22.1 Å². The number of fused-ring (bicyclic) bond motifs is 2. The Bertz CT molecular complexity index is 1450. The van der Waals surface area contributed by atoms with E-state index in [-0.39, 0.29) is 17.3 Å². The van der Waals surface area contributed by atoms with Gasteiger partial charge in [0.25, 0.3) is 0 Å². The van der Waals surface area contributed by atoms with Gasteiger partial charge in [-0.1, -0.05) is 54.2 Å². The van der Waals surface area contributed by atoms with Crippen LogP contribution in [0, 0.1) is 0 Å². The van der Waals surface area contributed by atoms with Gasteiger partial charge in [0.1, 0.15) is 0 Å². The van der Waals surface area contributed by atoms with Crippen molar-refractivity contribution in [1.82, 2.24) is 19.5 Å². The van der Waals surface area contributed by atoms with Crippen molar-refractivity contribution in [2.45, 2.75) is 18.1 Å². The Hall–Kier alpha value is -3.78. The van der Waals surface area contributed by atoms with Crippen molar-refractivity contribution in [1.29, 1.82) is 0 Å². The zero-order valence-electron chi connectivity index (χ0n) is 17.2. The molecule has 8 heteroatoms. The fourth-order valence-electron chi connectivity index (χ4n) is 3.70. The van der Waals surface area contributed by atoms with Gasteiger partial charge in [-0.15, -0.1) is 0 Å². The third-order valence-corrected chi connectivity index (χ3v) is 6.19. The molecule has 3 N–H and O–H groups in total. The minimum absolute atomic E-state index is 0.131. The third kappa shape index (κ3) is 4.31. The van der Waals surface area contributed by atoms with E-state index in [4.69, 9.17) is 4.98 Å². The molecule has 32 heavy (non-hydrogen) atoms. The van der Waals surface area contributed by atoms with Gasteiger partial charge in [0.15, 0.2) is 5.16 Å². The second kappa shape index (κ2) is 8.76. The van der Waals surface area contributed by atoms with Gasteiger partial charge in [-0.25, -0.2) is 9.78 Å². The lowest BCUT2D eigenvalue weighted by atomic mass is 10.1. The summed E-state index contributed by atoms with van der Waals surface area (Å²) < 4.78 is 2.18. The maximum Gasteiger partial charge on any atom is 0.323 e. The number of hydrogen-bond acceptors (Lipinski definition) is 4. The lowest BCUT2D eigenvalue weighted by Gasteiger charge is -2.09. The van der Waals surface area contributed by atoms with E-state index in [9.17, 15) is 9.59 Å². The number of thioether (sulfide) groups is 1. The first kappa shape index (κ1) is 20.1. The number of nitrogens with one attached hydrogen (secondary N) is 3. The number of nitrogens with zero attached hydrogens (tertiary/aromatic N) is 2. The molecule has 0 aliphatic heterocycles. The first-order valence-electron chi connectivity index (χ1n) is 10.3. The number of para-hydroxylation sites is 2. The van der Waals surface area contributed by atoms with Gasteiger partial charge in [-0.3, -0.25) is 4.79 Å². The van der Waals surface area contributed by atoms with E-state index in [0.717, 1.165) is 29.2 Å². The minimum Gasteiger partial charge on any atom is -0.325 e. The van der Waals surface area contributed by atoms with Gasteiger partial charge >= 0.3 is 5.69 Å². The summed E-state index contributed by atoms with van der Waals surface area (Å²) >= 11 is 1.42. The summed E-state index contributed by atoms with van der Waals surface area (Å²) in [6.07, 6.45) is 0.885.